The van der Waals surface area contributed by atoms with Gasteiger partial charge in [0.25, 0.3) is 5.91 Å². The zero-order valence-electron chi connectivity index (χ0n) is 15.9. The fourth-order valence-electron chi connectivity index (χ4n) is 2.79. The van der Waals surface area contributed by atoms with E-state index in [1.807, 2.05) is 49.4 Å². The Hall–Kier alpha value is -3.21. The number of benzene rings is 2. The van der Waals surface area contributed by atoms with Crippen molar-refractivity contribution in [1.29, 1.82) is 0 Å². The third-order valence-electron chi connectivity index (χ3n) is 4.36. The lowest BCUT2D eigenvalue weighted by Gasteiger charge is -2.20. The Kier molecular flexibility index (Phi) is 5.81. The van der Waals surface area contributed by atoms with Gasteiger partial charge in [-0.3, -0.25) is 4.79 Å². The summed E-state index contributed by atoms with van der Waals surface area (Å²) in [6.45, 7) is 6.85. The van der Waals surface area contributed by atoms with Crippen LogP contribution < -0.4 is 10.2 Å². The van der Waals surface area contributed by atoms with E-state index in [0.717, 1.165) is 11.4 Å². The van der Waals surface area contributed by atoms with Crippen LogP contribution in [0.15, 0.2) is 67.0 Å². The number of para-hydroxylation sites is 1. The number of anilines is 3. The van der Waals surface area contributed by atoms with Crippen LogP contribution in [0.2, 0.25) is 0 Å². The van der Waals surface area contributed by atoms with E-state index in [0.29, 0.717) is 24.0 Å². The van der Waals surface area contributed by atoms with Crippen LogP contribution in [-0.4, -0.2) is 22.4 Å². The predicted molar refractivity (Wildman–Crippen MR) is 110 cm³/mol. The Morgan fingerprint density at radius 3 is 2.19 bits per heavy atom. The Morgan fingerprint density at radius 2 is 1.63 bits per heavy atom. The van der Waals surface area contributed by atoms with Gasteiger partial charge in [0.05, 0.1) is 5.56 Å². The maximum atomic E-state index is 12.8. The molecular weight excluding hydrogens is 336 g/mol. The van der Waals surface area contributed by atoms with Gasteiger partial charge < -0.3 is 10.2 Å². The van der Waals surface area contributed by atoms with Crippen molar-refractivity contribution < 1.29 is 4.79 Å². The molecule has 0 saturated heterocycles. The van der Waals surface area contributed by atoms with Gasteiger partial charge in [0.15, 0.2) is 0 Å². The molecule has 5 nitrogen and oxygen atoms in total. The van der Waals surface area contributed by atoms with Gasteiger partial charge in [0.2, 0.25) is 5.95 Å². The maximum absolute atomic E-state index is 12.8. The summed E-state index contributed by atoms with van der Waals surface area (Å²) < 4.78 is 0. The summed E-state index contributed by atoms with van der Waals surface area (Å²) in [5.41, 5.74) is 3.51. The van der Waals surface area contributed by atoms with Crippen molar-refractivity contribution in [3.05, 3.63) is 78.1 Å². The number of carbonyl (C=O) groups is 1. The lowest BCUT2D eigenvalue weighted by molar-refractivity contribution is 0.0987. The van der Waals surface area contributed by atoms with Crippen LogP contribution in [0.1, 0.15) is 42.6 Å². The molecule has 138 valence electrons. The number of nitrogens with zero attached hydrogens (tertiary/aromatic N) is 3. The summed E-state index contributed by atoms with van der Waals surface area (Å²) in [4.78, 5) is 23.1. The van der Waals surface area contributed by atoms with Gasteiger partial charge in [-0.05, 0) is 42.7 Å². The Bertz CT molecular complexity index is 874. The molecule has 1 aromatic heterocycles. The SMILES string of the molecule is CCN(C(=O)c1cnc(Nc2ccc(C(C)C)cc2)nc1)c1ccccc1. The van der Waals surface area contributed by atoms with Gasteiger partial charge in [0.1, 0.15) is 0 Å². The van der Waals surface area contributed by atoms with Crippen LogP contribution in [0.3, 0.4) is 0 Å². The summed E-state index contributed by atoms with van der Waals surface area (Å²) in [6, 6.07) is 17.8. The third-order valence-corrected chi connectivity index (χ3v) is 4.36. The fraction of sp³-hybridized carbons (Fsp3) is 0.227. The van der Waals surface area contributed by atoms with E-state index in [4.69, 9.17) is 0 Å². The van der Waals surface area contributed by atoms with Crippen LogP contribution in [0, 0.1) is 0 Å². The van der Waals surface area contributed by atoms with E-state index in [1.165, 1.54) is 5.56 Å². The van der Waals surface area contributed by atoms with Gasteiger partial charge in [-0.25, -0.2) is 9.97 Å². The highest BCUT2D eigenvalue weighted by Crippen LogP contribution is 2.20. The van der Waals surface area contributed by atoms with E-state index in [2.05, 4.69) is 41.3 Å². The number of amides is 1. The molecule has 27 heavy (non-hydrogen) atoms. The molecule has 1 heterocycles. The maximum Gasteiger partial charge on any atom is 0.261 e. The van der Waals surface area contributed by atoms with Crippen LogP contribution in [-0.2, 0) is 0 Å². The largest absolute Gasteiger partial charge is 0.324 e. The zero-order valence-corrected chi connectivity index (χ0v) is 15.9. The first-order valence-corrected chi connectivity index (χ1v) is 9.14. The first-order chi connectivity index (χ1) is 13.1. The number of carbonyl (C=O) groups excluding carboxylic acids is 1. The second kappa shape index (κ2) is 8.45. The molecule has 0 aliphatic carbocycles. The lowest BCUT2D eigenvalue weighted by atomic mass is 10.0. The van der Waals surface area contributed by atoms with Crippen molar-refractivity contribution in [2.24, 2.45) is 0 Å². The van der Waals surface area contributed by atoms with E-state index in [1.54, 1.807) is 17.3 Å². The van der Waals surface area contributed by atoms with Gasteiger partial charge in [-0.1, -0.05) is 44.2 Å². The molecule has 1 N–H and O–H groups in total. The molecule has 3 aromatic rings. The van der Waals surface area contributed by atoms with Crippen molar-refractivity contribution in [3.8, 4) is 0 Å². The van der Waals surface area contributed by atoms with Crippen molar-refractivity contribution in [3.63, 3.8) is 0 Å². The van der Waals surface area contributed by atoms with Crippen molar-refractivity contribution in [2.45, 2.75) is 26.7 Å². The molecule has 0 unspecified atom stereocenters. The highest BCUT2D eigenvalue weighted by atomic mass is 16.2. The Labute approximate surface area is 160 Å². The van der Waals surface area contributed by atoms with Gasteiger partial charge >= 0.3 is 0 Å². The van der Waals surface area contributed by atoms with Gasteiger partial charge in [0, 0.05) is 30.3 Å². The Morgan fingerprint density at radius 1 is 1.00 bits per heavy atom. The van der Waals surface area contributed by atoms with Crippen LogP contribution in [0.5, 0.6) is 0 Å². The van der Waals surface area contributed by atoms with Crippen molar-refractivity contribution >= 4 is 23.2 Å². The summed E-state index contributed by atoms with van der Waals surface area (Å²) >= 11 is 0. The number of rotatable bonds is 6. The first kappa shape index (κ1) is 18.6. The molecule has 0 aliphatic heterocycles. The molecule has 0 atom stereocenters. The summed E-state index contributed by atoms with van der Waals surface area (Å²) in [6.07, 6.45) is 3.12. The molecule has 0 fully saturated rings. The topological polar surface area (TPSA) is 58.1 Å². The molecule has 1 amide bonds. The lowest BCUT2D eigenvalue weighted by Crippen LogP contribution is -2.30. The van der Waals surface area contributed by atoms with Crippen LogP contribution in [0.4, 0.5) is 17.3 Å². The van der Waals surface area contributed by atoms with Gasteiger partial charge in [-0.2, -0.15) is 0 Å². The molecule has 0 aliphatic rings. The van der Waals surface area contributed by atoms with Crippen LogP contribution in [0.25, 0.3) is 0 Å². The molecule has 0 saturated carbocycles. The minimum Gasteiger partial charge on any atom is -0.324 e. The highest BCUT2D eigenvalue weighted by molar-refractivity contribution is 6.05. The summed E-state index contributed by atoms with van der Waals surface area (Å²) in [5, 5.41) is 3.16. The monoisotopic (exact) mass is 360 g/mol. The van der Waals surface area contributed by atoms with Gasteiger partial charge in [-0.15, -0.1) is 0 Å². The quantitative estimate of drug-likeness (QED) is 0.671. The molecule has 5 heteroatoms. The Balaban J connectivity index is 1.71. The van der Waals surface area contributed by atoms with Crippen molar-refractivity contribution in [1.82, 2.24) is 9.97 Å². The molecule has 3 rings (SSSR count). The molecule has 2 aromatic carbocycles. The molecular formula is C22H24N4O. The number of aromatic nitrogens is 2. The van der Waals surface area contributed by atoms with E-state index >= 15 is 0 Å². The highest BCUT2D eigenvalue weighted by Gasteiger charge is 2.16. The molecule has 0 bridgehead atoms. The second-order valence-corrected chi connectivity index (χ2v) is 6.58. The summed E-state index contributed by atoms with van der Waals surface area (Å²) in [7, 11) is 0. The van der Waals surface area contributed by atoms with E-state index < -0.39 is 0 Å². The molecule has 0 radical (unpaired) electrons. The number of nitrogens with one attached hydrogen (secondary N) is 1. The standard InChI is InChI=1S/C22H24N4O/c1-4-26(20-8-6-5-7-9-20)21(27)18-14-23-22(24-15-18)25-19-12-10-17(11-13-19)16(2)3/h5-16H,4H2,1-3H3,(H,23,24,25). The van der Waals surface area contributed by atoms with Crippen molar-refractivity contribution in [2.75, 3.05) is 16.8 Å². The first-order valence-electron chi connectivity index (χ1n) is 9.14. The smallest absolute Gasteiger partial charge is 0.261 e. The van der Waals surface area contributed by atoms with E-state index in [-0.39, 0.29) is 5.91 Å². The number of hydrogen-bond donors (Lipinski definition) is 1. The van der Waals surface area contributed by atoms with E-state index in [9.17, 15) is 4.79 Å². The summed E-state index contributed by atoms with van der Waals surface area (Å²) in [5.74, 6) is 0.842. The predicted octanol–water partition coefficient (Wildman–Crippen LogP) is 5.01. The fourth-order valence-corrected chi connectivity index (χ4v) is 2.79. The zero-order chi connectivity index (χ0) is 19.2. The average molecular weight is 360 g/mol. The average Bonchev–Trinajstić information content (AvgIpc) is 2.70. The minimum absolute atomic E-state index is 0.114. The minimum atomic E-state index is -0.114. The molecule has 0 spiro atoms. The third kappa shape index (κ3) is 4.50. The van der Waals surface area contributed by atoms with Crippen LogP contribution >= 0.6 is 0 Å². The normalized spacial score (nSPS) is 10.7. The second-order valence-electron chi connectivity index (χ2n) is 6.58. The number of hydrogen-bond acceptors (Lipinski definition) is 4.